The third kappa shape index (κ3) is 5.35. The Morgan fingerprint density at radius 2 is 1.94 bits per heavy atom. The molecule has 12 heteroatoms. The van der Waals surface area contributed by atoms with Gasteiger partial charge in [-0.3, -0.25) is 9.78 Å². The highest BCUT2D eigenvalue weighted by molar-refractivity contribution is 5.90. The molecule has 3 heterocycles. The van der Waals surface area contributed by atoms with Crippen molar-refractivity contribution in [2.75, 3.05) is 6.61 Å². The average Bonchev–Trinajstić information content (AvgIpc) is 3.03. The summed E-state index contributed by atoms with van der Waals surface area (Å²) in [5.41, 5.74) is 6.76. The monoisotopic (exact) mass is 642 g/mol. The molecule has 1 aromatic carbocycles. The molecule has 3 aliphatic rings. The first-order valence-corrected chi connectivity index (χ1v) is 15.8. The lowest BCUT2D eigenvalue weighted by Crippen LogP contribution is -2.70. The van der Waals surface area contributed by atoms with Crippen molar-refractivity contribution in [1.82, 2.24) is 4.98 Å². The normalized spacial score (nSPS) is 32.3. The molecular formula is C35H38N4O8. The fraction of sp³-hybridized carbons (Fsp3) is 0.486. The minimum atomic E-state index is -1.31. The van der Waals surface area contributed by atoms with Gasteiger partial charge in [0.05, 0.1) is 18.3 Å². The summed E-state index contributed by atoms with van der Waals surface area (Å²) in [6.07, 6.45) is 2.81. The van der Waals surface area contributed by atoms with Crippen LogP contribution in [0, 0.1) is 28.6 Å². The van der Waals surface area contributed by atoms with E-state index in [9.17, 15) is 19.5 Å². The molecule has 3 unspecified atom stereocenters. The Morgan fingerprint density at radius 1 is 1.19 bits per heavy atom. The zero-order chi connectivity index (χ0) is 33.7. The maximum atomic E-state index is 13.7. The molecule has 2 aliphatic carbocycles. The van der Waals surface area contributed by atoms with Crippen LogP contribution in [0.5, 0.6) is 5.75 Å². The lowest BCUT2D eigenvalue weighted by molar-refractivity contribution is -0.257. The van der Waals surface area contributed by atoms with E-state index in [1.807, 2.05) is 6.92 Å². The molecule has 47 heavy (non-hydrogen) atoms. The van der Waals surface area contributed by atoms with E-state index in [0.717, 1.165) is 6.42 Å². The number of rotatable bonds is 6. The van der Waals surface area contributed by atoms with Crippen molar-refractivity contribution in [3.63, 3.8) is 0 Å². The highest BCUT2D eigenvalue weighted by Gasteiger charge is 2.70. The van der Waals surface area contributed by atoms with Crippen LogP contribution in [0.15, 0.2) is 69.2 Å². The molecule has 2 aromatic heterocycles. The number of esters is 2. The standard InChI is InChI=1S/C35H38N4O8/c1-19-12-13-33(3)26(34(19,4)18-44-20(2)40)16-27(46-31(42)21-8-10-23(11-9-21)38-39-36)35(5)30(33)29(41)28-25(47-35)15-24(45-32(28)43)22-7-6-14-37-17-22/h6-11,14-15,17,19,26-27,29-30,41H,12-13,16,18H2,1-5H3/t19-,26?,27-,29-,30?,33-,34?,35+/m0/s1. The molecule has 0 bridgehead atoms. The van der Waals surface area contributed by atoms with Crippen LogP contribution in [0.3, 0.4) is 0 Å². The number of fused-ring (bicyclic) bond motifs is 4. The number of hydrogen-bond acceptors (Lipinski definition) is 10. The highest BCUT2D eigenvalue weighted by atomic mass is 16.6. The van der Waals surface area contributed by atoms with Crippen LogP contribution in [-0.2, 0) is 14.3 Å². The summed E-state index contributed by atoms with van der Waals surface area (Å²) in [6.45, 7) is 9.65. The maximum absolute atomic E-state index is 13.7. The van der Waals surface area contributed by atoms with Crippen LogP contribution >= 0.6 is 0 Å². The van der Waals surface area contributed by atoms with Gasteiger partial charge in [-0.25, -0.2) is 9.59 Å². The van der Waals surface area contributed by atoms with Gasteiger partial charge in [0.15, 0.2) is 0 Å². The van der Waals surface area contributed by atoms with Crippen LogP contribution in [0.4, 0.5) is 5.69 Å². The second-order valence-corrected chi connectivity index (χ2v) is 13.8. The van der Waals surface area contributed by atoms with Gasteiger partial charge in [0.25, 0.3) is 0 Å². The number of azide groups is 1. The fourth-order valence-electron chi connectivity index (χ4n) is 8.61. The van der Waals surface area contributed by atoms with Gasteiger partial charge < -0.3 is 23.7 Å². The number of benzene rings is 1. The first kappa shape index (κ1) is 32.3. The molecule has 2 fully saturated rings. The average molecular weight is 643 g/mol. The molecular weight excluding hydrogens is 604 g/mol. The summed E-state index contributed by atoms with van der Waals surface area (Å²) in [4.78, 5) is 46.2. The van der Waals surface area contributed by atoms with Gasteiger partial charge in [-0.15, -0.1) is 0 Å². The van der Waals surface area contributed by atoms with Crippen LogP contribution < -0.4 is 10.4 Å². The molecule has 1 N–H and O–H groups in total. The molecule has 2 saturated carbocycles. The van der Waals surface area contributed by atoms with Crippen LogP contribution in [0.2, 0.25) is 0 Å². The first-order chi connectivity index (χ1) is 22.3. The number of aliphatic hydroxyl groups is 1. The molecule has 1 aliphatic heterocycles. The van der Waals surface area contributed by atoms with Crippen molar-refractivity contribution >= 4 is 17.6 Å². The minimum Gasteiger partial charge on any atom is -0.482 e. The lowest BCUT2D eigenvalue weighted by atomic mass is 9.41. The Balaban J connectivity index is 1.47. The summed E-state index contributed by atoms with van der Waals surface area (Å²) >= 11 is 0. The van der Waals surface area contributed by atoms with Crippen LogP contribution in [0.25, 0.3) is 21.8 Å². The summed E-state index contributed by atoms with van der Waals surface area (Å²) in [5, 5.41) is 15.8. The molecule has 12 nitrogen and oxygen atoms in total. The van der Waals surface area contributed by atoms with Crippen LogP contribution in [0.1, 0.15) is 75.9 Å². The fourth-order valence-corrected chi connectivity index (χ4v) is 8.61. The molecule has 246 valence electrons. The lowest BCUT2D eigenvalue weighted by Gasteiger charge is -2.66. The third-order valence-corrected chi connectivity index (χ3v) is 11.2. The van der Waals surface area contributed by atoms with Crippen molar-refractivity contribution < 1.29 is 33.3 Å². The number of aliphatic hydroxyl groups excluding tert-OH is 1. The van der Waals surface area contributed by atoms with E-state index in [0.29, 0.717) is 24.1 Å². The summed E-state index contributed by atoms with van der Waals surface area (Å²) < 4.78 is 24.4. The van der Waals surface area contributed by atoms with E-state index in [1.165, 1.54) is 31.2 Å². The Labute approximate surface area is 271 Å². The van der Waals surface area contributed by atoms with E-state index in [1.54, 1.807) is 30.6 Å². The molecule has 0 saturated heterocycles. The van der Waals surface area contributed by atoms with Crippen molar-refractivity contribution in [3.05, 3.63) is 86.8 Å². The van der Waals surface area contributed by atoms with Gasteiger partial charge in [0.1, 0.15) is 28.8 Å². The summed E-state index contributed by atoms with van der Waals surface area (Å²) in [5.74, 6) is -1.41. The van der Waals surface area contributed by atoms with E-state index >= 15 is 0 Å². The first-order valence-electron chi connectivity index (χ1n) is 15.8. The number of ether oxygens (including phenoxy) is 3. The maximum Gasteiger partial charge on any atom is 0.345 e. The Hall–Kier alpha value is -4.67. The minimum absolute atomic E-state index is 0.0148. The van der Waals surface area contributed by atoms with Crippen LogP contribution in [-0.4, -0.2) is 40.3 Å². The Morgan fingerprint density at radius 3 is 2.60 bits per heavy atom. The van der Waals surface area contributed by atoms with E-state index in [2.05, 4.69) is 35.8 Å². The summed E-state index contributed by atoms with van der Waals surface area (Å²) in [6, 6.07) is 11.1. The number of aromatic nitrogens is 1. The number of pyridine rings is 1. The van der Waals surface area contributed by atoms with E-state index < -0.39 is 52.1 Å². The van der Waals surface area contributed by atoms with Gasteiger partial charge in [-0.1, -0.05) is 38.0 Å². The van der Waals surface area contributed by atoms with Crippen molar-refractivity contribution in [3.8, 4) is 17.1 Å². The van der Waals surface area contributed by atoms with Crippen molar-refractivity contribution in [2.24, 2.45) is 33.7 Å². The third-order valence-electron chi connectivity index (χ3n) is 11.2. The number of carbonyl (C=O) groups is 2. The largest absolute Gasteiger partial charge is 0.482 e. The molecule has 3 aromatic rings. The summed E-state index contributed by atoms with van der Waals surface area (Å²) in [7, 11) is 0. The quantitative estimate of drug-likeness (QED) is 0.133. The van der Waals surface area contributed by atoms with Crippen molar-refractivity contribution in [1.29, 1.82) is 0 Å². The second-order valence-electron chi connectivity index (χ2n) is 13.8. The number of carbonyl (C=O) groups excluding carboxylic acids is 2. The number of nitrogens with zero attached hydrogens (tertiary/aromatic N) is 4. The van der Waals surface area contributed by atoms with Gasteiger partial charge in [-0.05, 0) is 73.2 Å². The smallest absolute Gasteiger partial charge is 0.345 e. The van der Waals surface area contributed by atoms with E-state index in [4.69, 9.17) is 24.2 Å². The SMILES string of the molecule is CC(=O)OCC1(C)C2C[C@H](OC(=O)c3ccc(N=[N+]=[N-])cc3)[C@@]3(C)Oc4cc(-c5cccnc5)oc(=O)c4[C@H](O)C3[C@@]2(C)CC[C@@H]1C. The second kappa shape index (κ2) is 11.8. The molecule has 0 spiro atoms. The molecule has 8 atom stereocenters. The molecule has 0 amide bonds. The molecule has 6 rings (SSSR count). The predicted octanol–water partition coefficient (Wildman–Crippen LogP) is 6.70. The van der Waals surface area contributed by atoms with Crippen molar-refractivity contribution in [2.45, 2.75) is 71.7 Å². The van der Waals surface area contributed by atoms with Gasteiger partial charge in [0.2, 0.25) is 0 Å². The van der Waals surface area contributed by atoms with E-state index in [-0.39, 0.29) is 41.1 Å². The van der Waals surface area contributed by atoms with Gasteiger partial charge in [-0.2, -0.15) is 0 Å². The number of hydrogen-bond donors (Lipinski definition) is 1. The molecule has 0 radical (unpaired) electrons. The Kier molecular flexibility index (Phi) is 8.14. The zero-order valence-corrected chi connectivity index (χ0v) is 27.0. The predicted molar refractivity (Wildman–Crippen MR) is 169 cm³/mol. The van der Waals surface area contributed by atoms with Gasteiger partial charge >= 0.3 is 17.6 Å². The Bertz CT molecular complexity index is 1810. The topological polar surface area (TPSA) is 174 Å². The zero-order valence-electron chi connectivity index (χ0n) is 27.0. The van der Waals surface area contributed by atoms with Gasteiger partial charge in [0, 0.05) is 52.9 Å². The highest BCUT2D eigenvalue weighted by Crippen LogP contribution is 2.68.